The minimum atomic E-state index is -0.533. The van der Waals surface area contributed by atoms with Crippen LogP contribution in [0.4, 0.5) is 8.78 Å². The van der Waals surface area contributed by atoms with Gasteiger partial charge >= 0.3 is 0 Å². The first-order valence-corrected chi connectivity index (χ1v) is 12.4. The maximum atomic E-state index is 15.1. The molecule has 0 aliphatic heterocycles. The van der Waals surface area contributed by atoms with Crippen molar-refractivity contribution in [3.63, 3.8) is 0 Å². The molecule has 2 atom stereocenters. The van der Waals surface area contributed by atoms with E-state index in [4.69, 9.17) is 14.7 Å². The van der Waals surface area contributed by atoms with Gasteiger partial charge in [0.2, 0.25) is 5.88 Å². The van der Waals surface area contributed by atoms with E-state index in [-0.39, 0.29) is 35.6 Å². The Morgan fingerprint density at radius 3 is 2.56 bits per heavy atom. The van der Waals surface area contributed by atoms with Crippen LogP contribution in [-0.4, -0.2) is 18.7 Å². The van der Waals surface area contributed by atoms with Gasteiger partial charge in [-0.3, -0.25) is 0 Å². The Morgan fingerprint density at radius 1 is 1.00 bits per heavy atom. The highest BCUT2D eigenvalue weighted by atomic mass is 79.9. The Balaban J connectivity index is 1.49. The Labute approximate surface area is 218 Å². The molecule has 2 aromatic carbocycles. The van der Waals surface area contributed by atoms with Crippen molar-refractivity contribution in [1.82, 2.24) is 4.98 Å². The molecule has 1 heterocycles. The number of benzene rings is 2. The number of rotatable bonds is 9. The molecule has 1 aromatic heterocycles. The Morgan fingerprint density at radius 2 is 1.81 bits per heavy atom. The lowest BCUT2D eigenvalue weighted by Crippen LogP contribution is -2.18. The van der Waals surface area contributed by atoms with Crippen LogP contribution in [0.2, 0.25) is 0 Å². The first-order valence-electron chi connectivity index (χ1n) is 11.6. The van der Waals surface area contributed by atoms with Crippen molar-refractivity contribution in [2.45, 2.75) is 19.4 Å². The molecule has 7 heteroatoms. The van der Waals surface area contributed by atoms with E-state index >= 15 is 8.78 Å². The molecule has 0 fully saturated rings. The van der Waals surface area contributed by atoms with Gasteiger partial charge < -0.3 is 9.47 Å². The van der Waals surface area contributed by atoms with Gasteiger partial charge in [0.25, 0.3) is 0 Å². The number of halogens is 3. The largest absolute Gasteiger partial charge is 0.473 e. The molecular formula is C29H25BrF2N2O2. The van der Waals surface area contributed by atoms with Gasteiger partial charge in [-0.25, -0.2) is 13.8 Å². The van der Waals surface area contributed by atoms with Crippen molar-refractivity contribution in [3.05, 3.63) is 106 Å². The highest BCUT2D eigenvalue weighted by molar-refractivity contribution is 9.10. The van der Waals surface area contributed by atoms with Gasteiger partial charge in [0.1, 0.15) is 18.2 Å². The molecule has 3 aromatic rings. The summed E-state index contributed by atoms with van der Waals surface area (Å²) in [5, 5.41) is 9.00. The molecule has 2 unspecified atom stereocenters. The van der Waals surface area contributed by atoms with Crippen molar-refractivity contribution in [2.75, 3.05) is 13.7 Å². The number of methoxy groups -OCH3 is 1. The molecule has 0 saturated carbocycles. The summed E-state index contributed by atoms with van der Waals surface area (Å²) in [5.74, 6) is -0.429. The number of hydrogen-bond donors (Lipinski definition) is 0. The van der Waals surface area contributed by atoms with Gasteiger partial charge in [-0.15, -0.1) is 0 Å². The third-order valence-electron chi connectivity index (χ3n) is 6.18. The van der Waals surface area contributed by atoms with E-state index in [1.165, 1.54) is 12.1 Å². The van der Waals surface area contributed by atoms with E-state index in [0.29, 0.717) is 24.2 Å². The van der Waals surface area contributed by atoms with Crippen LogP contribution in [0.1, 0.15) is 23.1 Å². The minimum absolute atomic E-state index is 0.0707. The highest BCUT2D eigenvalue weighted by Gasteiger charge is 2.22. The summed E-state index contributed by atoms with van der Waals surface area (Å²) in [4.78, 5) is 4.38. The second-order valence-corrected chi connectivity index (χ2v) is 9.43. The summed E-state index contributed by atoms with van der Waals surface area (Å²) < 4.78 is 42.0. The summed E-state index contributed by atoms with van der Waals surface area (Å²) in [6.45, 7) is 0.813. The summed E-state index contributed by atoms with van der Waals surface area (Å²) >= 11 is 3.43. The van der Waals surface area contributed by atoms with E-state index in [9.17, 15) is 0 Å². The second kappa shape index (κ2) is 12.1. The number of allylic oxidation sites excluding steroid dienone is 4. The fourth-order valence-electron chi connectivity index (χ4n) is 4.21. The van der Waals surface area contributed by atoms with Crippen LogP contribution in [0.5, 0.6) is 5.88 Å². The summed E-state index contributed by atoms with van der Waals surface area (Å²) in [6, 6.07) is 14.7. The van der Waals surface area contributed by atoms with Gasteiger partial charge in [0.15, 0.2) is 0 Å². The van der Waals surface area contributed by atoms with Crippen LogP contribution in [0.3, 0.4) is 0 Å². The molecule has 4 nitrogen and oxygen atoms in total. The monoisotopic (exact) mass is 550 g/mol. The standard InChI is InChI=1S/C29H25BrF2N2O2/c1-35-12-11-20-5-2-3-6-21(20)14-23-15-27(32)24(16-26(23)31)28-7-4-8-29(34-28)36-18-22-10-9-19(17-33)13-25(22)30/h2-10,13,15-16,20-21H,11-12,14,18H2,1H3. The predicted octanol–water partition coefficient (Wildman–Crippen LogP) is 7.18. The molecule has 1 aliphatic carbocycles. The lowest BCUT2D eigenvalue weighted by Gasteiger charge is -2.24. The van der Waals surface area contributed by atoms with Gasteiger partial charge in [-0.2, -0.15) is 5.26 Å². The predicted molar refractivity (Wildman–Crippen MR) is 138 cm³/mol. The van der Waals surface area contributed by atoms with Crippen LogP contribution in [-0.2, 0) is 17.8 Å². The van der Waals surface area contributed by atoms with Crippen molar-refractivity contribution in [3.8, 4) is 23.2 Å². The third-order valence-corrected chi connectivity index (χ3v) is 6.92. The highest BCUT2D eigenvalue weighted by Crippen LogP contribution is 2.31. The number of aromatic nitrogens is 1. The van der Waals surface area contributed by atoms with E-state index < -0.39 is 11.6 Å². The number of nitriles is 1. The first kappa shape index (κ1) is 25.7. The van der Waals surface area contributed by atoms with Crippen molar-refractivity contribution in [2.24, 2.45) is 11.8 Å². The molecule has 1 aliphatic rings. The SMILES string of the molecule is COCCC1C=CC=CC1Cc1cc(F)c(-c2cccc(OCc3ccc(C#N)cc3Br)n2)cc1F. The van der Waals surface area contributed by atoms with E-state index in [0.717, 1.165) is 16.5 Å². The summed E-state index contributed by atoms with van der Waals surface area (Å²) in [5.41, 5.74) is 2.07. The maximum absolute atomic E-state index is 15.1. The van der Waals surface area contributed by atoms with Crippen LogP contribution in [0.25, 0.3) is 11.3 Å². The zero-order chi connectivity index (χ0) is 25.5. The maximum Gasteiger partial charge on any atom is 0.214 e. The molecule has 184 valence electrons. The average Bonchev–Trinajstić information content (AvgIpc) is 2.89. The molecule has 0 saturated heterocycles. The zero-order valence-corrected chi connectivity index (χ0v) is 21.3. The fourth-order valence-corrected chi connectivity index (χ4v) is 4.70. The van der Waals surface area contributed by atoms with Crippen molar-refractivity contribution >= 4 is 15.9 Å². The Hall–Kier alpha value is -3.34. The number of pyridine rings is 1. The van der Waals surface area contributed by atoms with Gasteiger partial charge in [-0.05, 0) is 60.6 Å². The van der Waals surface area contributed by atoms with E-state index in [1.54, 1.807) is 43.5 Å². The zero-order valence-electron chi connectivity index (χ0n) is 19.8. The first-order chi connectivity index (χ1) is 17.5. The molecular weight excluding hydrogens is 526 g/mol. The van der Waals surface area contributed by atoms with Gasteiger partial charge in [0.05, 0.1) is 17.3 Å². The van der Waals surface area contributed by atoms with Crippen molar-refractivity contribution in [1.29, 1.82) is 5.26 Å². The number of ether oxygens (including phenoxy) is 2. The second-order valence-electron chi connectivity index (χ2n) is 8.57. The van der Waals surface area contributed by atoms with Crippen molar-refractivity contribution < 1.29 is 18.3 Å². The summed E-state index contributed by atoms with van der Waals surface area (Å²) in [7, 11) is 1.66. The summed E-state index contributed by atoms with van der Waals surface area (Å²) in [6.07, 6.45) is 9.28. The number of hydrogen-bond acceptors (Lipinski definition) is 4. The molecule has 0 amide bonds. The molecule has 0 N–H and O–H groups in total. The quantitative estimate of drug-likeness (QED) is 0.283. The average molecular weight is 551 g/mol. The van der Waals surface area contributed by atoms with Gasteiger partial charge in [-0.1, -0.05) is 52.4 Å². The minimum Gasteiger partial charge on any atom is -0.473 e. The third kappa shape index (κ3) is 6.26. The smallest absolute Gasteiger partial charge is 0.214 e. The van der Waals surface area contributed by atoms with Gasteiger partial charge in [0, 0.05) is 35.4 Å². The van der Waals surface area contributed by atoms with Crippen LogP contribution < -0.4 is 4.74 Å². The topological polar surface area (TPSA) is 55.1 Å². The molecule has 0 bridgehead atoms. The molecule has 36 heavy (non-hydrogen) atoms. The fraction of sp³-hybridized carbons (Fsp3) is 0.241. The molecule has 0 radical (unpaired) electrons. The van der Waals surface area contributed by atoms with Crippen LogP contribution >= 0.6 is 15.9 Å². The lowest BCUT2D eigenvalue weighted by atomic mass is 9.82. The van der Waals surface area contributed by atoms with E-state index in [2.05, 4.69) is 33.1 Å². The molecule has 4 rings (SSSR count). The molecule has 0 spiro atoms. The van der Waals surface area contributed by atoms with Crippen LogP contribution in [0, 0.1) is 34.8 Å². The number of nitrogens with zero attached hydrogens (tertiary/aromatic N) is 2. The Bertz CT molecular complexity index is 1330. The Kier molecular flexibility index (Phi) is 8.63. The lowest BCUT2D eigenvalue weighted by molar-refractivity contribution is 0.176. The van der Waals surface area contributed by atoms with Crippen LogP contribution in [0.15, 0.2) is 77.3 Å². The van der Waals surface area contributed by atoms with E-state index in [1.807, 2.05) is 18.2 Å². The normalized spacial score (nSPS) is 16.6.